The average molecular weight is 338 g/mol. The van der Waals surface area contributed by atoms with E-state index in [1.807, 2.05) is 26.0 Å². The molecule has 0 radical (unpaired) electrons. The summed E-state index contributed by atoms with van der Waals surface area (Å²) in [5.74, 6) is 1.82. The Bertz CT molecular complexity index is 565. The normalized spacial score (nSPS) is 12.4. The standard InChI is InChI=1S/C16H20BrNO2/c1-4-18-16(12-8-11(3)20-10-12)14-9-13(17)6-7-15(14)19-5-2/h6-10,16,18H,4-5H2,1-3H3. The highest BCUT2D eigenvalue weighted by Crippen LogP contribution is 2.33. The van der Waals surface area contributed by atoms with E-state index in [0.29, 0.717) is 6.61 Å². The van der Waals surface area contributed by atoms with Crippen LogP contribution in [-0.2, 0) is 0 Å². The van der Waals surface area contributed by atoms with Crippen LogP contribution in [0.5, 0.6) is 5.75 Å². The molecule has 0 aliphatic carbocycles. The number of benzene rings is 1. The number of nitrogens with one attached hydrogen (secondary N) is 1. The Labute approximate surface area is 128 Å². The summed E-state index contributed by atoms with van der Waals surface area (Å²) in [7, 11) is 0. The maximum Gasteiger partial charge on any atom is 0.124 e. The molecule has 20 heavy (non-hydrogen) atoms. The maximum absolute atomic E-state index is 5.76. The summed E-state index contributed by atoms with van der Waals surface area (Å²) in [4.78, 5) is 0. The first-order valence-corrected chi connectivity index (χ1v) is 7.65. The van der Waals surface area contributed by atoms with Gasteiger partial charge in [0.05, 0.1) is 18.9 Å². The average Bonchev–Trinajstić information content (AvgIpc) is 2.85. The molecular weight excluding hydrogens is 318 g/mol. The molecule has 108 valence electrons. The molecule has 1 atom stereocenters. The summed E-state index contributed by atoms with van der Waals surface area (Å²) in [5.41, 5.74) is 2.23. The molecule has 1 heterocycles. The highest BCUT2D eigenvalue weighted by molar-refractivity contribution is 9.10. The van der Waals surface area contributed by atoms with Gasteiger partial charge in [-0.2, -0.15) is 0 Å². The van der Waals surface area contributed by atoms with Gasteiger partial charge in [-0.3, -0.25) is 0 Å². The van der Waals surface area contributed by atoms with Crippen LogP contribution in [0.25, 0.3) is 0 Å². The van der Waals surface area contributed by atoms with Crippen molar-refractivity contribution in [2.45, 2.75) is 26.8 Å². The van der Waals surface area contributed by atoms with Gasteiger partial charge in [0.25, 0.3) is 0 Å². The van der Waals surface area contributed by atoms with E-state index in [9.17, 15) is 0 Å². The quantitative estimate of drug-likeness (QED) is 0.845. The molecule has 2 aromatic rings. The molecule has 4 heteroatoms. The van der Waals surface area contributed by atoms with Gasteiger partial charge in [-0.05, 0) is 44.7 Å². The van der Waals surface area contributed by atoms with Crippen LogP contribution < -0.4 is 10.1 Å². The molecule has 0 amide bonds. The van der Waals surface area contributed by atoms with Gasteiger partial charge in [-0.15, -0.1) is 0 Å². The minimum Gasteiger partial charge on any atom is -0.494 e. The number of furan rings is 1. The molecule has 1 unspecified atom stereocenters. The minimum absolute atomic E-state index is 0.0662. The number of hydrogen-bond donors (Lipinski definition) is 1. The molecule has 0 aliphatic heterocycles. The van der Waals surface area contributed by atoms with Crippen LogP contribution in [0.3, 0.4) is 0 Å². The summed E-state index contributed by atoms with van der Waals surface area (Å²) in [6.45, 7) is 7.57. The Balaban J connectivity index is 2.45. The first-order chi connectivity index (χ1) is 9.65. The number of hydrogen-bond acceptors (Lipinski definition) is 3. The van der Waals surface area contributed by atoms with Crippen molar-refractivity contribution >= 4 is 15.9 Å². The monoisotopic (exact) mass is 337 g/mol. The molecule has 3 nitrogen and oxygen atoms in total. The smallest absolute Gasteiger partial charge is 0.124 e. The van der Waals surface area contributed by atoms with Gasteiger partial charge in [-0.1, -0.05) is 22.9 Å². The molecule has 0 saturated carbocycles. The number of ether oxygens (including phenoxy) is 1. The summed E-state index contributed by atoms with van der Waals surface area (Å²) >= 11 is 3.54. The number of aryl methyl sites for hydroxylation is 1. The van der Waals surface area contributed by atoms with E-state index >= 15 is 0 Å². The predicted octanol–water partition coefficient (Wildman–Crippen LogP) is 4.45. The third-order valence-corrected chi connectivity index (χ3v) is 3.57. The van der Waals surface area contributed by atoms with Crippen molar-refractivity contribution in [3.05, 3.63) is 51.9 Å². The second-order valence-electron chi connectivity index (χ2n) is 4.60. The van der Waals surface area contributed by atoms with Crippen molar-refractivity contribution in [2.75, 3.05) is 13.2 Å². The van der Waals surface area contributed by atoms with E-state index in [1.165, 1.54) is 0 Å². The molecular formula is C16H20BrNO2. The van der Waals surface area contributed by atoms with E-state index in [1.54, 1.807) is 6.26 Å². The topological polar surface area (TPSA) is 34.4 Å². The van der Waals surface area contributed by atoms with Gasteiger partial charge in [0, 0.05) is 15.6 Å². The van der Waals surface area contributed by atoms with Crippen molar-refractivity contribution in [1.29, 1.82) is 0 Å². The molecule has 1 aromatic carbocycles. The first-order valence-electron chi connectivity index (χ1n) is 6.86. The van der Waals surface area contributed by atoms with Crippen molar-refractivity contribution < 1.29 is 9.15 Å². The number of rotatable bonds is 6. The fourth-order valence-electron chi connectivity index (χ4n) is 2.26. The van der Waals surface area contributed by atoms with Crippen LogP contribution in [0.15, 0.2) is 39.4 Å². The van der Waals surface area contributed by atoms with E-state index in [-0.39, 0.29) is 6.04 Å². The Hall–Kier alpha value is -1.26. The van der Waals surface area contributed by atoms with E-state index < -0.39 is 0 Å². The highest BCUT2D eigenvalue weighted by Gasteiger charge is 2.19. The molecule has 0 fully saturated rings. The van der Waals surface area contributed by atoms with Crippen molar-refractivity contribution in [1.82, 2.24) is 5.32 Å². The van der Waals surface area contributed by atoms with Crippen molar-refractivity contribution in [3.63, 3.8) is 0 Å². The van der Waals surface area contributed by atoms with Crippen LogP contribution >= 0.6 is 15.9 Å². The van der Waals surface area contributed by atoms with Gasteiger partial charge in [0.15, 0.2) is 0 Å². The molecule has 0 aliphatic rings. The number of halogens is 1. The Kier molecular flexibility index (Phi) is 5.26. The van der Waals surface area contributed by atoms with Gasteiger partial charge < -0.3 is 14.5 Å². The van der Waals surface area contributed by atoms with Crippen LogP contribution in [0.1, 0.15) is 36.8 Å². The zero-order chi connectivity index (χ0) is 14.5. The molecule has 2 rings (SSSR count). The third kappa shape index (κ3) is 3.44. The summed E-state index contributed by atoms with van der Waals surface area (Å²) in [6.07, 6.45) is 1.80. The lowest BCUT2D eigenvalue weighted by atomic mass is 10.00. The highest BCUT2D eigenvalue weighted by atomic mass is 79.9. The lowest BCUT2D eigenvalue weighted by Gasteiger charge is -2.20. The van der Waals surface area contributed by atoms with Crippen LogP contribution in [0, 0.1) is 6.92 Å². The third-order valence-electron chi connectivity index (χ3n) is 3.08. The molecule has 1 N–H and O–H groups in total. The van der Waals surface area contributed by atoms with Crippen LogP contribution in [0.4, 0.5) is 0 Å². The van der Waals surface area contributed by atoms with Crippen molar-refractivity contribution in [2.24, 2.45) is 0 Å². The summed E-state index contributed by atoms with van der Waals surface area (Å²) < 4.78 is 12.2. The molecule has 1 aromatic heterocycles. The van der Waals surface area contributed by atoms with E-state index in [4.69, 9.17) is 9.15 Å². The predicted molar refractivity (Wildman–Crippen MR) is 84.3 cm³/mol. The van der Waals surface area contributed by atoms with Gasteiger partial charge in [0.2, 0.25) is 0 Å². The SMILES string of the molecule is CCNC(c1coc(C)c1)c1cc(Br)ccc1OCC. The van der Waals surface area contributed by atoms with Gasteiger partial charge >= 0.3 is 0 Å². The van der Waals surface area contributed by atoms with E-state index in [2.05, 4.69) is 40.3 Å². The lowest BCUT2D eigenvalue weighted by Crippen LogP contribution is -2.22. The Morgan fingerprint density at radius 2 is 2.10 bits per heavy atom. The largest absolute Gasteiger partial charge is 0.494 e. The summed E-state index contributed by atoms with van der Waals surface area (Å²) in [5, 5.41) is 3.49. The second kappa shape index (κ2) is 6.95. The fraction of sp³-hybridized carbons (Fsp3) is 0.375. The van der Waals surface area contributed by atoms with Crippen molar-refractivity contribution in [3.8, 4) is 5.75 Å². The Morgan fingerprint density at radius 3 is 2.70 bits per heavy atom. The summed E-state index contributed by atoms with van der Waals surface area (Å²) in [6, 6.07) is 8.22. The van der Waals surface area contributed by atoms with Crippen LogP contribution in [-0.4, -0.2) is 13.2 Å². The zero-order valence-electron chi connectivity index (χ0n) is 12.1. The van der Waals surface area contributed by atoms with Gasteiger partial charge in [0.1, 0.15) is 11.5 Å². The van der Waals surface area contributed by atoms with Crippen LogP contribution in [0.2, 0.25) is 0 Å². The molecule has 0 spiro atoms. The maximum atomic E-state index is 5.76. The minimum atomic E-state index is 0.0662. The van der Waals surface area contributed by atoms with Gasteiger partial charge in [-0.25, -0.2) is 0 Å². The molecule has 0 saturated heterocycles. The lowest BCUT2D eigenvalue weighted by molar-refractivity contribution is 0.333. The fourth-order valence-corrected chi connectivity index (χ4v) is 2.64. The molecule has 0 bridgehead atoms. The zero-order valence-corrected chi connectivity index (χ0v) is 13.7. The Morgan fingerprint density at radius 1 is 1.30 bits per heavy atom. The first kappa shape index (κ1) is 15.1. The second-order valence-corrected chi connectivity index (χ2v) is 5.51. The van der Waals surface area contributed by atoms with E-state index in [0.717, 1.165) is 33.7 Å².